The van der Waals surface area contributed by atoms with Crippen molar-refractivity contribution in [1.29, 1.82) is 0 Å². The van der Waals surface area contributed by atoms with Gasteiger partial charge in [-0.2, -0.15) is 4.98 Å². The lowest BCUT2D eigenvalue weighted by Crippen LogP contribution is -2.42. The number of aromatic nitrogens is 4. The second-order valence-electron chi connectivity index (χ2n) is 11.0. The third kappa shape index (κ3) is 6.59. The van der Waals surface area contributed by atoms with E-state index in [2.05, 4.69) is 67.5 Å². The Labute approximate surface area is 263 Å². The van der Waals surface area contributed by atoms with Gasteiger partial charge in [-0.15, -0.1) is 0 Å². The van der Waals surface area contributed by atoms with Crippen LogP contribution < -0.4 is 24.6 Å². The number of hydrogen-bond acceptors (Lipinski definition) is 11. The highest BCUT2D eigenvalue weighted by Gasteiger charge is 2.25. The largest absolute Gasteiger partial charge is 0.494 e. The SMILES string of the molecule is CCN(c1c(Nc2nc(Nc3cc(C)c(N4CCC(N(C)C)CC4)cc3OC)ncc2Cl)ccc2nccnc12)S(C)(=O)=O. The third-order valence-electron chi connectivity index (χ3n) is 7.85. The summed E-state index contributed by atoms with van der Waals surface area (Å²) in [7, 11) is 2.28. The number of nitrogens with zero attached hydrogens (tertiary/aromatic N) is 7. The van der Waals surface area contributed by atoms with E-state index >= 15 is 0 Å². The molecule has 0 atom stereocenters. The summed E-state index contributed by atoms with van der Waals surface area (Å²) in [5.74, 6) is 1.23. The van der Waals surface area contributed by atoms with Gasteiger partial charge in [0, 0.05) is 49.8 Å². The molecule has 2 aromatic carbocycles. The van der Waals surface area contributed by atoms with E-state index in [1.54, 1.807) is 32.4 Å². The van der Waals surface area contributed by atoms with Crippen LogP contribution in [0.3, 0.4) is 0 Å². The molecule has 1 aliphatic heterocycles. The predicted molar refractivity (Wildman–Crippen MR) is 178 cm³/mol. The van der Waals surface area contributed by atoms with Crippen LogP contribution in [0.25, 0.3) is 11.0 Å². The Morgan fingerprint density at radius 1 is 1.07 bits per heavy atom. The number of anilines is 6. The fraction of sp³-hybridized carbons (Fsp3) is 0.400. The maximum Gasteiger partial charge on any atom is 0.232 e. The average molecular weight is 640 g/mol. The first kappa shape index (κ1) is 31.5. The van der Waals surface area contributed by atoms with Crippen molar-refractivity contribution in [3.05, 3.63) is 53.4 Å². The number of halogens is 1. The molecule has 4 aromatic rings. The molecule has 0 aliphatic carbocycles. The van der Waals surface area contributed by atoms with Crippen molar-refractivity contribution < 1.29 is 13.2 Å². The van der Waals surface area contributed by atoms with Crippen molar-refractivity contribution in [3.8, 4) is 5.75 Å². The Bertz CT molecular complexity index is 1760. The molecule has 0 unspecified atom stereocenters. The fourth-order valence-electron chi connectivity index (χ4n) is 5.60. The van der Waals surface area contributed by atoms with Gasteiger partial charge in [0.1, 0.15) is 22.0 Å². The standard InChI is InChI=1S/C30H38ClN9O3S/c1-7-40(44(6,41)42)28-23(9-8-22-27(28)33-13-12-32-22)35-29-21(31)18-34-30(37-29)36-24-16-19(2)25(17-26(24)43-5)39-14-10-20(11-15-39)38(3)4/h8-9,12-13,16-18,20H,7,10-11,14-15H2,1-6H3,(H2,34,35,36,37). The summed E-state index contributed by atoms with van der Waals surface area (Å²) in [6.07, 6.45) is 7.93. The molecule has 1 saturated heterocycles. The number of benzene rings is 2. The third-order valence-corrected chi connectivity index (χ3v) is 9.37. The molecular formula is C30H38ClN9O3S. The number of ether oxygens (including phenoxy) is 1. The molecule has 14 heteroatoms. The van der Waals surface area contributed by atoms with E-state index < -0.39 is 10.0 Å². The van der Waals surface area contributed by atoms with Gasteiger partial charge in [-0.25, -0.2) is 13.4 Å². The molecule has 2 N–H and O–H groups in total. The van der Waals surface area contributed by atoms with E-state index in [0.29, 0.717) is 39.9 Å². The molecule has 0 bridgehead atoms. The van der Waals surface area contributed by atoms with Crippen molar-refractivity contribution >= 4 is 67.2 Å². The first-order valence-corrected chi connectivity index (χ1v) is 16.6. The highest BCUT2D eigenvalue weighted by Crippen LogP contribution is 2.39. The van der Waals surface area contributed by atoms with Crippen LogP contribution in [0.4, 0.5) is 34.5 Å². The van der Waals surface area contributed by atoms with Gasteiger partial charge < -0.3 is 25.2 Å². The highest BCUT2D eigenvalue weighted by molar-refractivity contribution is 7.92. The Kier molecular flexibility index (Phi) is 9.28. The Morgan fingerprint density at radius 3 is 2.45 bits per heavy atom. The van der Waals surface area contributed by atoms with Crippen LogP contribution in [-0.4, -0.2) is 86.4 Å². The maximum atomic E-state index is 12.8. The first-order valence-electron chi connectivity index (χ1n) is 14.4. The summed E-state index contributed by atoms with van der Waals surface area (Å²) in [5, 5.41) is 6.74. The average Bonchev–Trinajstić information content (AvgIpc) is 2.99. The van der Waals surface area contributed by atoms with Crippen molar-refractivity contribution in [2.75, 3.05) is 66.9 Å². The Balaban J connectivity index is 1.45. The molecule has 0 saturated carbocycles. The summed E-state index contributed by atoms with van der Waals surface area (Å²) in [6, 6.07) is 8.17. The minimum atomic E-state index is -3.64. The van der Waals surface area contributed by atoms with Crippen molar-refractivity contribution in [3.63, 3.8) is 0 Å². The van der Waals surface area contributed by atoms with Crippen molar-refractivity contribution in [1.82, 2.24) is 24.8 Å². The Morgan fingerprint density at radius 2 is 1.80 bits per heavy atom. The van der Waals surface area contributed by atoms with Crippen LogP contribution >= 0.6 is 11.6 Å². The van der Waals surface area contributed by atoms with Crippen LogP contribution in [0, 0.1) is 6.92 Å². The predicted octanol–water partition coefficient (Wildman–Crippen LogP) is 5.19. The normalized spacial score (nSPS) is 14.2. The zero-order valence-electron chi connectivity index (χ0n) is 25.8. The second kappa shape index (κ2) is 13.0. The van der Waals surface area contributed by atoms with Gasteiger partial charge >= 0.3 is 0 Å². The lowest BCUT2D eigenvalue weighted by Gasteiger charge is -2.37. The monoisotopic (exact) mass is 639 g/mol. The molecule has 44 heavy (non-hydrogen) atoms. The van der Waals surface area contributed by atoms with Crippen LogP contribution in [0.1, 0.15) is 25.3 Å². The summed E-state index contributed by atoms with van der Waals surface area (Å²) in [4.78, 5) is 22.5. The molecule has 1 aliphatic rings. The van der Waals surface area contributed by atoms with E-state index in [4.69, 9.17) is 16.3 Å². The lowest BCUT2D eigenvalue weighted by atomic mass is 10.0. The van der Waals surface area contributed by atoms with E-state index in [9.17, 15) is 8.42 Å². The molecule has 3 heterocycles. The summed E-state index contributed by atoms with van der Waals surface area (Å²) in [5.41, 5.74) is 4.74. The van der Waals surface area contributed by atoms with Gasteiger partial charge in [0.2, 0.25) is 16.0 Å². The number of rotatable bonds is 10. The minimum Gasteiger partial charge on any atom is -0.494 e. The van der Waals surface area contributed by atoms with Crippen LogP contribution in [0.15, 0.2) is 42.9 Å². The minimum absolute atomic E-state index is 0.191. The van der Waals surface area contributed by atoms with Crippen LogP contribution in [0.5, 0.6) is 5.75 Å². The number of nitrogens with one attached hydrogen (secondary N) is 2. The number of sulfonamides is 1. The topological polar surface area (TPSA) is 129 Å². The number of fused-ring (bicyclic) bond motifs is 1. The molecule has 0 amide bonds. The fourth-order valence-corrected chi connectivity index (χ4v) is 6.73. The number of hydrogen-bond donors (Lipinski definition) is 2. The van der Waals surface area contributed by atoms with Crippen molar-refractivity contribution in [2.24, 2.45) is 0 Å². The van der Waals surface area contributed by atoms with Gasteiger partial charge in [0.25, 0.3) is 0 Å². The van der Waals surface area contributed by atoms with Crippen LogP contribution in [-0.2, 0) is 10.0 Å². The van der Waals surface area contributed by atoms with Gasteiger partial charge in [-0.1, -0.05) is 11.6 Å². The molecule has 12 nitrogen and oxygen atoms in total. The molecule has 2 aromatic heterocycles. The van der Waals surface area contributed by atoms with Gasteiger partial charge in [0.15, 0.2) is 5.82 Å². The zero-order valence-corrected chi connectivity index (χ0v) is 27.4. The molecular weight excluding hydrogens is 602 g/mol. The molecule has 1 fully saturated rings. The van der Waals surface area contributed by atoms with Crippen LogP contribution in [0.2, 0.25) is 5.02 Å². The molecule has 234 valence electrons. The van der Waals surface area contributed by atoms with Gasteiger partial charge in [-0.05, 0) is 64.5 Å². The van der Waals surface area contributed by atoms with Crippen molar-refractivity contribution in [2.45, 2.75) is 32.7 Å². The van der Waals surface area contributed by atoms with Gasteiger partial charge in [-0.3, -0.25) is 14.3 Å². The van der Waals surface area contributed by atoms with E-state index in [-0.39, 0.29) is 23.3 Å². The maximum absolute atomic E-state index is 12.8. The first-order chi connectivity index (χ1) is 21.0. The lowest BCUT2D eigenvalue weighted by molar-refractivity contribution is 0.249. The number of methoxy groups -OCH3 is 1. The summed E-state index contributed by atoms with van der Waals surface area (Å²) < 4.78 is 32.6. The molecule has 0 spiro atoms. The molecule has 5 rings (SSSR count). The zero-order chi connectivity index (χ0) is 31.6. The summed E-state index contributed by atoms with van der Waals surface area (Å²) in [6.45, 7) is 5.99. The highest BCUT2D eigenvalue weighted by atomic mass is 35.5. The summed E-state index contributed by atoms with van der Waals surface area (Å²) >= 11 is 6.54. The van der Waals surface area contributed by atoms with E-state index in [0.717, 1.165) is 43.4 Å². The smallest absolute Gasteiger partial charge is 0.232 e. The quantitative estimate of drug-likeness (QED) is 0.238. The second-order valence-corrected chi connectivity index (χ2v) is 13.3. The number of piperidine rings is 1. The molecule has 0 radical (unpaired) electrons. The Hall–Kier alpha value is -3.94. The number of aryl methyl sites for hydroxylation is 1. The van der Waals surface area contributed by atoms with E-state index in [1.807, 2.05) is 6.07 Å². The van der Waals surface area contributed by atoms with E-state index in [1.165, 1.54) is 16.7 Å². The van der Waals surface area contributed by atoms with Gasteiger partial charge in [0.05, 0.1) is 36.5 Å².